The van der Waals surface area contributed by atoms with Crippen LogP contribution in [0.2, 0.25) is 5.02 Å². The summed E-state index contributed by atoms with van der Waals surface area (Å²) in [5, 5.41) is 3.88. The number of hydrogen-bond donors (Lipinski definition) is 1. The topological polar surface area (TPSA) is 64.6 Å². The van der Waals surface area contributed by atoms with Crippen molar-refractivity contribution < 1.29 is 19.1 Å². The summed E-state index contributed by atoms with van der Waals surface area (Å²) in [5.41, 5.74) is 1.49. The highest BCUT2D eigenvalue weighted by Crippen LogP contribution is 2.40. The quantitative estimate of drug-likeness (QED) is 0.768. The zero-order valence-electron chi connectivity index (χ0n) is 14.6. The molecular weight excluding hydrogens is 374 g/mol. The minimum absolute atomic E-state index is 0.167. The van der Waals surface area contributed by atoms with E-state index in [2.05, 4.69) is 12.2 Å². The van der Waals surface area contributed by atoms with Crippen LogP contribution >= 0.6 is 22.9 Å². The lowest BCUT2D eigenvalue weighted by molar-refractivity contribution is -0.118. The SMILES string of the molecule is COC(=O)c1c(NC(=O)COc2cccc(Cl)c2)sc2c1CC[C@H](C)C2. The molecule has 0 unspecified atom stereocenters. The number of methoxy groups -OCH3 is 1. The van der Waals surface area contributed by atoms with E-state index in [9.17, 15) is 9.59 Å². The van der Waals surface area contributed by atoms with Gasteiger partial charge in [-0.05, 0) is 48.9 Å². The fraction of sp³-hybridized carbons (Fsp3) is 0.368. The van der Waals surface area contributed by atoms with Gasteiger partial charge in [-0.25, -0.2) is 4.79 Å². The van der Waals surface area contributed by atoms with Crippen molar-refractivity contribution in [1.29, 1.82) is 0 Å². The molecule has 0 fully saturated rings. The van der Waals surface area contributed by atoms with Crippen LogP contribution in [0.1, 0.15) is 34.1 Å². The highest BCUT2D eigenvalue weighted by Gasteiger charge is 2.28. The van der Waals surface area contributed by atoms with Gasteiger partial charge in [-0.2, -0.15) is 0 Å². The van der Waals surface area contributed by atoms with E-state index >= 15 is 0 Å². The Morgan fingerprint density at radius 2 is 2.19 bits per heavy atom. The number of esters is 1. The molecule has 1 aromatic carbocycles. The van der Waals surface area contributed by atoms with Crippen LogP contribution in [0.4, 0.5) is 5.00 Å². The Balaban J connectivity index is 1.74. The fourth-order valence-corrected chi connectivity index (χ4v) is 4.62. The Morgan fingerprint density at radius 3 is 2.92 bits per heavy atom. The van der Waals surface area contributed by atoms with Gasteiger partial charge in [0.1, 0.15) is 10.8 Å². The van der Waals surface area contributed by atoms with Crippen molar-refractivity contribution in [2.45, 2.75) is 26.2 Å². The smallest absolute Gasteiger partial charge is 0.341 e. The first kappa shape index (κ1) is 18.7. The summed E-state index contributed by atoms with van der Waals surface area (Å²) in [7, 11) is 1.35. The maximum Gasteiger partial charge on any atom is 0.341 e. The zero-order valence-corrected chi connectivity index (χ0v) is 16.2. The lowest BCUT2D eigenvalue weighted by Gasteiger charge is -2.18. The van der Waals surface area contributed by atoms with Crippen molar-refractivity contribution in [3.63, 3.8) is 0 Å². The second kappa shape index (κ2) is 8.10. The maximum absolute atomic E-state index is 12.3. The Labute approximate surface area is 161 Å². The van der Waals surface area contributed by atoms with Crippen molar-refractivity contribution in [3.8, 4) is 5.75 Å². The number of fused-ring (bicyclic) bond motifs is 1. The lowest BCUT2D eigenvalue weighted by Crippen LogP contribution is -2.21. The molecule has 0 bridgehead atoms. The summed E-state index contributed by atoms with van der Waals surface area (Å²) in [4.78, 5) is 25.7. The van der Waals surface area contributed by atoms with Gasteiger partial charge in [-0.1, -0.05) is 24.6 Å². The number of halogens is 1. The molecular formula is C19H20ClNO4S. The van der Waals surface area contributed by atoms with Crippen LogP contribution in [0.5, 0.6) is 5.75 Å². The standard InChI is InChI=1S/C19H20ClNO4S/c1-11-6-7-14-15(8-11)26-18(17(14)19(23)24-2)21-16(22)10-25-13-5-3-4-12(20)9-13/h3-5,9,11H,6-8,10H2,1-2H3,(H,21,22)/t11-/m0/s1. The molecule has 5 nitrogen and oxygen atoms in total. The van der Waals surface area contributed by atoms with Crippen LogP contribution in [0, 0.1) is 5.92 Å². The van der Waals surface area contributed by atoms with E-state index in [1.54, 1.807) is 24.3 Å². The van der Waals surface area contributed by atoms with Crippen LogP contribution in [-0.4, -0.2) is 25.6 Å². The number of anilines is 1. The third-order valence-electron chi connectivity index (χ3n) is 4.32. The van der Waals surface area contributed by atoms with Crippen LogP contribution < -0.4 is 10.1 Å². The predicted molar refractivity (Wildman–Crippen MR) is 102 cm³/mol. The molecule has 3 rings (SSSR count). The second-order valence-corrected chi connectivity index (χ2v) is 7.88. The Kier molecular flexibility index (Phi) is 5.84. The third-order valence-corrected chi connectivity index (χ3v) is 5.73. The number of rotatable bonds is 5. The van der Waals surface area contributed by atoms with Gasteiger partial charge in [0.15, 0.2) is 6.61 Å². The third kappa shape index (κ3) is 4.19. The Morgan fingerprint density at radius 1 is 1.38 bits per heavy atom. The lowest BCUT2D eigenvalue weighted by atomic mass is 9.88. The molecule has 1 aliphatic carbocycles. The van der Waals surface area contributed by atoms with E-state index < -0.39 is 5.97 Å². The van der Waals surface area contributed by atoms with Crippen molar-refractivity contribution in [2.24, 2.45) is 5.92 Å². The van der Waals surface area contributed by atoms with Crippen LogP contribution in [-0.2, 0) is 22.4 Å². The molecule has 0 saturated heterocycles. The van der Waals surface area contributed by atoms with Crippen molar-refractivity contribution in [1.82, 2.24) is 0 Å². The molecule has 1 N–H and O–H groups in total. The van der Waals surface area contributed by atoms with Crippen molar-refractivity contribution >= 4 is 39.8 Å². The molecule has 1 atom stereocenters. The van der Waals surface area contributed by atoms with E-state index in [4.69, 9.17) is 21.1 Å². The fourth-order valence-electron chi connectivity index (χ4n) is 3.03. The van der Waals surface area contributed by atoms with E-state index in [-0.39, 0.29) is 12.5 Å². The van der Waals surface area contributed by atoms with Gasteiger partial charge in [0, 0.05) is 9.90 Å². The van der Waals surface area contributed by atoms with Gasteiger partial charge < -0.3 is 14.8 Å². The van der Waals surface area contributed by atoms with Gasteiger partial charge in [0.2, 0.25) is 0 Å². The van der Waals surface area contributed by atoms with Crippen LogP contribution in [0.25, 0.3) is 0 Å². The summed E-state index contributed by atoms with van der Waals surface area (Å²) in [5.74, 6) is 0.339. The highest BCUT2D eigenvalue weighted by molar-refractivity contribution is 7.17. The molecule has 0 spiro atoms. The molecule has 0 radical (unpaired) electrons. The number of thiophene rings is 1. The van der Waals surface area contributed by atoms with Gasteiger partial charge in [-0.15, -0.1) is 11.3 Å². The van der Waals surface area contributed by atoms with Crippen LogP contribution in [0.15, 0.2) is 24.3 Å². The number of hydrogen-bond acceptors (Lipinski definition) is 5. The molecule has 1 aliphatic rings. The normalized spacial score (nSPS) is 15.9. The van der Waals surface area contributed by atoms with E-state index in [0.717, 1.165) is 29.7 Å². The summed E-state index contributed by atoms with van der Waals surface area (Å²) < 4.78 is 10.4. The number of carbonyl (C=O) groups is 2. The monoisotopic (exact) mass is 393 g/mol. The molecule has 138 valence electrons. The first-order chi connectivity index (χ1) is 12.5. The molecule has 1 aromatic heterocycles. The number of ether oxygens (including phenoxy) is 2. The largest absolute Gasteiger partial charge is 0.484 e. The number of benzene rings is 1. The number of carbonyl (C=O) groups excluding carboxylic acids is 2. The first-order valence-electron chi connectivity index (χ1n) is 8.39. The van der Waals surface area contributed by atoms with Crippen molar-refractivity contribution in [2.75, 3.05) is 19.0 Å². The molecule has 7 heteroatoms. The van der Waals surface area contributed by atoms with E-state index in [1.807, 2.05) is 0 Å². The average Bonchev–Trinajstić information content (AvgIpc) is 2.96. The molecule has 26 heavy (non-hydrogen) atoms. The minimum Gasteiger partial charge on any atom is -0.484 e. The van der Waals surface area contributed by atoms with E-state index in [1.165, 1.54) is 18.4 Å². The maximum atomic E-state index is 12.3. The summed E-state index contributed by atoms with van der Waals surface area (Å²) in [6, 6.07) is 6.85. The molecule has 0 saturated carbocycles. The Hall–Kier alpha value is -2.05. The van der Waals surface area contributed by atoms with Gasteiger partial charge in [0.05, 0.1) is 12.7 Å². The number of amides is 1. The summed E-state index contributed by atoms with van der Waals surface area (Å²) in [6.07, 6.45) is 2.77. The van der Waals surface area contributed by atoms with Gasteiger partial charge >= 0.3 is 5.97 Å². The highest BCUT2D eigenvalue weighted by atomic mass is 35.5. The average molecular weight is 394 g/mol. The zero-order chi connectivity index (χ0) is 18.7. The molecule has 1 amide bonds. The second-order valence-electron chi connectivity index (χ2n) is 6.34. The number of nitrogens with one attached hydrogen (secondary N) is 1. The van der Waals surface area contributed by atoms with E-state index in [0.29, 0.717) is 27.3 Å². The molecule has 2 aromatic rings. The van der Waals surface area contributed by atoms with Gasteiger partial charge in [0.25, 0.3) is 5.91 Å². The van der Waals surface area contributed by atoms with Crippen molar-refractivity contribution in [3.05, 3.63) is 45.3 Å². The minimum atomic E-state index is -0.414. The molecule has 1 heterocycles. The van der Waals surface area contributed by atoms with Gasteiger partial charge in [-0.3, -0.25) is 4.79 Å². The Bertz CT molecular complexity index is 833. The summed E-state index contributed by atoms with van der Waals surface area (Å²) >= 11 is 7.35. The van der Waals surface area contributed by atoms with Crippen LogP contribution in [0.3, 0.4) is 0 Å². The molecule has 0 aliphatic heterocycles. The summed E-state index contributed by atoms with van der Waals surface area (Å²) in [6.45, 7) is 2.03. The predicted octanol–water partition coefficient (Wildman–Crippen LogP) is 4.33. The first-order valence-corrected chi connectivity index (χ1v) is 9.58.